The first-order chi connectivity index (χ1) is 10.8. The molecule has 0 unspecified atom stereocenters. The molecule has 2 radical (unpaired) electrons. The Morgan fingerprint density at radius 3 is 1.14 bits per heavy atom. The van der Waals surface area contributed by atoms with E-state index in [4.69, 9.17) is 0 Å². The maximum atomic E-state index is 4.27. The van der Waals surface area contributed by atoms with Gasteiger partial charge in [0.05, 0.1) is 0 Å². The molecule has 2 nitrogen and oxygen atoms in total. The van der Waals surface area contributed by atoms with Gasteiger partial charge in [0.1, 0.15) is 0 Å². The first kappa shape index (κ1) is 31.9. The normalized spacial score (nSPS) is 8.71. The Kier molecular flexibility index (Phi) is 15.4. The van der Waals surface area contributed by atoms with Crippen molar-refractivity contribution in [1.29, 1.82) is 0 Å². The third-order valence-corrected chi connectivity index (χ3v) is 4.28. The van der Waals surface area contributed by atoms with E-state index in [1.807, 2.05) is 0 Å². The minimum Gasteiger partial charge on any atom is -0.412 e. The van der Waals surface area contributed by atoms with Crippen molar-refractivity contribution in [2.45, 2.75) is 14.9 Å². The molecule has 0 fully saturated rings. The van der Waals surface area contributed by atoms with Crippen molar-refractivity contribution in [3.05, 3.63) is 97.8 Å². The zero-order valence-electron chi connectivity index (χ0n) is 14.5. The van der Waals surface area contributed by atoms with Crippen LogP contribution in [0.25, 0.3) is 32.7 Å². The fraction of sp³-hybridized carbons (Fsp3) is 0.0833. The van der Waals surface area contributed by atoms with Crippen molar-refractivity contribution >= 4 is 21.5 Å². The van der Waals surface area contributed by atoms with Gasteiger partial charge >= 0.3 is 0 Å². The Hall–Kier alpha value is -0.732. The molecule has 0 saturated heterocycles. The van der Waals surface area contributed by atoms with Crippen molar-refractivity contribution in [1.82, 2.24) is 0 Å². The van der Waals surface area contributed by atoms with Crippen LogP contribution in [-0.4, -0.2) is 11.0 Å². The number of rotatable bonds is 1. The van der Waals surface area contributed by atoms with Crippen molar-refractivity contribution in [3.8, 4) is 11.1 Å². The van der Waals surface area contributed by atoms with Gasteiger partial charge < -0.3 is 11.0 Å². The maximum Gasteiger partial charge on any atom is 0 e. The largest absolute Gasteiger partial charge is 0.412 e. The SMILES string of the molecule is C.C.O.O.[CH2-]c1ccc2ccccc2c1-c1c([CH2-])ccc2ccccc12.[Y].[Y]. The van der Waals surface area contributed by atoms with Crippen LogP contribution in [0.4, 0.5) is 0 Å². The standard InChI is InChI=1S/C22H16.2CH4.2H2O.2Y/c1-15-11-13-17-7-3-5-9-19(17)21(15)22-16(2)12-14-18-8-4-6-10-20(18)22;;;;;;/h3-14H,1-2H2;2*1H4;2*1H2;;/q-2;;;;;;. The van der Waals surface area contributed by atoms with Gasteiger partial charge in [-0.3, -0.25) is 0 Å². The quantitative estimate of drug-likeness (QED) is 0.288. The van der Waals surface area contributed by atoms with Gasteiger partial charge in [-0.15, -0.1) is 12.1 Å². The summed E-state index contributed by atoms with van der Waals surface area (Å²) in [5, 5.41) is 4.93. The van der Waals surface area contributed by atoms with Crippen LogP contribution in [0.3, 0.4) is 0 Å². The molecule has 4 aromatic carbocycles. The molecule has 144 valence electrons. The number of fused-ring (bicyclic) bond motifs is 2. The number of benzene rings is 4. The molecule has 4 N–H and O–H groups in total. The van der Waals surface area contributed by atoms with Gasteiger partial charge in [-0.1, -0.05) is 74.2 Å². The molecular weight excluding hydrogens is 498 g/mol. The molecule has 0 aliphatic carbocycles. The van der Waals surface area contributed by atoms with Crippen LogP contribution in [0.15, 0.2) is 72.8 Å². The van der Waals surface area contributed by atoms with Crippen molar-refractivity contribution in [2.75, 3.05) is 0 Å². The van der Waals surface area contributed by atoms with E-state index < -0.39 is 0 Å². The first-order valence-electron chi connectivity index (χ1n) is 7.43. The Morgan fingerprint density at radius 1 is 0.464 bits per heavy atom. The summed E-state index contributed by atoms with van der Waals surface area (Å²) in [6, 6.07) is 25.4. The smallest absolute Gasteiger partial charge is 0 e. The third-order valence-electron chi connectivity index (χ3n) is 4.28. The summed E-state index contributed by atoms with van der Waals surface area (Å²) in [5.41, 5.74) is 4.47. The van der Waals surface area contributed by atoms with Gasteiger partial charge in [0.15, 0.2) is 0 Å². The molecule has 0 aliphatic heterocycles. The predicted octanol–water partition coefficient (Wildman–Crippen LogP) is 5.64. The molecular formula is C24H28O2Y2-2. The maximum absolute atomic E-state index is 4.27. The minimum atomic E-state index is 0. The molecule has 4 heteroatoms. The molecule has 0 spiro atoms. The van der Waals surface area contributed by atoms with Gasteiger partial charge in [0.25, 0.3) is 0 Å². The van der Waals surface area contributed by atoms with E-state index >= 15 is 0 Å². The van der Waals surface area contributed by atoms with Crippen LogP contribution in [0.5, 0.6) is 0 Å². The molecule has 4 aromatic rings. The molecule has 0 amide bonds. The Morgan fingerprint density at radius 2 is 0.786 bits per heavy atom. The zero-order valence-corrected chi connectivity index (χ0v) is 20.2. The van der Waals surface area contributed by atoms with Crippen LogP contribution in [0.2, 0.25) is 0 Å². The summed E-state index contributed by atoms with van der Waals surface area (Å²) < 4.78 is 0. The Bertz CT molecular complexity index is 930. The second kappa shape index (κ2) is 13.5. The molecule has 0 atom stereocenters. The second-order valence-electron chi connectivity index (χ2n) is 5.64. The van der Waals surface area contributed by atoms with E-state index in [1.165, 1.54) is 32.7 Å². The van der Waals surface area contributed by atoms with Crippen LogP contribution >= 0.6 is 0 Å². The van der Waals surface area contributed by atoms with Crippen molar-refractivity contribution in [2.24, 2.45) is 0 Å². The van der Waals surface area contributed by atoms with E-state index in [-0.39, 0.29) is 91.2 Å². The molecule has 28 heavy (non-hydrogen) atoms. The fourth-order valence-corrected chi connectivity index (χ4v) is 3.22. The summed E-state index contributed by atoms with van der Waals surface area (Å²) in [4.78, 5) is 0. The number of hydrogen-bond donors (Lipinski definition) is 0. The zero-order chi connectivity index (χ0) is 15.1. The van der Waals surface area contributed by atoms with E-state index in [0.29, 0.717) is 0 Å². The van der Waals surface area contributed by atoms with Crippen molar-refractivity contribution in [3.63, 3.8) is 0 Å². The van der Waals surface area contributed by atoms with Gasteiger partial charge in [-0.2, -0.15) is 48.2 Å². The first-order valence-corrected chi connectivity index (χ1v) is 7.43. The van der Waals surface area contributed by atoms with Crippen LogP contribution in [-0.2, 0) is 65.4 Å². The Balaban J connectivity index is -0.00000104. The van der Waals surface area contributed by atoms with Crippen LogP contribution < -0.4 is 0 Å². The molecule has 0 bridgehead atoms. The molecule has 4 rings (SSSR count). The van der Waals surface area contributed by atoms with Crippen LogP contribution in [0.1, 0.15) is 26.0 Å². The van der Waals surface area contributed by atoms with E-state index in [2.05, 4.69) is 86.6 Å². The van der Waals surface area contributed by atoms with Gasteiger partial charge in [-0.25, -0.2) is 0 Å². The van der Waals surface area contributed by atoms with Crippen LogP contribution in [0, 0.1) is 13.8 Å². The number of hydrogen-bond acceptors (Lipinski definition) is 0. The summed E-state index contributed by atoms with van der Waals surface area (Å²) in [5.74, 6) is 0. The molecule has 0 heterocycles. The monoisotopic (exact) mass is 526 g/mol. The summed E-state index contributed by atoms with van der Waals surface area (Å²) in [6.45, 7) is 8.53. The average molecular weight is 526 g/mol. The summed E-state index contributed by atoms with van der Waals surface area (Å²) in [6.07, 6.45) is 0. The van der Waals surface area contributed by atoms with Gasteiger partial charge in [-0.05, 0) is 10.8 Å². The second-order valence-corrected chi connectivity index (χ2v) is 5.64. The fourth-order valence-electron chi connectivity index (χ4n) is 3.22. The summed E-state index contributed by atoms with van der Waals surface area (Å²) in [7, 11) is 0. The average Bonchev–Trinajstić information content (AvgIpc) is 2.56. The van der Waals surface area contributed by atoms with Gasteiger partial charge in [0, 0.05) is 65.4 Å². The van der Waals surface area contributed by atoms with Gasteiger partial charge in [0.2, 0.25) is 0 Å². The predicted molar refractivity (Wildman–Crippen MR) is 116 cm³/mol. The Labute approximate surface area is 219 Å². The summed E-state index contributed by atoms with van der Waals surface area (Å²) >= 11 is 0. The molecule has 0 aromatic heterocycles. The minimum absolute atomic E-state index is 0. The van der Waals surface area contributed by atoms with E-state index in [9.17, 15) is 0 Å². The van der Waals surface area contributed by atoms with E-state index in [0.717, 1.165) is 11.1 Å². The van der Waals surface area contributed by atoms with Crippen molar-refractivity contribution < 1.29 is 76.4 Å². The third kappa shape index (κ3) is 5.66. The molecule has 0 aliphatic rings. The topological polar surface area (TPSA) is 63.0 Å². The van der Waals surface area contributed by atoms with E-state index in [1.54, 1.807) is 0 Å². The molecule has 0 saturated carbocycles.